The molecule has 0 radical (unpaired) electrons. The van der Waals surface area contributed by atoms with E-state index >= 15 is 0 Å². The lowest BCUT2D eigenvalue weighted by Gasteiger charge is -2.07. The largest absolute Gasteiger partial charge is 0.365 e. The van der Waals surface area contributed by atoms with E-state index in [1.165, 1.54) is 6.07 Å². The molecule has 1 N–H and O–H groups in total. The maximum atomic E-state index is 11.2. The number of hydrogen-bond donors (Lipinski definition) is 1. The number of aromatic nitrogens is 2. The lowest BCUT2D eigenvalue weighted by atomic mass is 10.1. The lowest BCUT2D eigenvalue weighted by Crippen LogP contribution is -2.01. The van der Waals surface area contributed by atoms with Crippen LogP contribution < -0.4 is 5.32 Å². The van der Waals surface area contributed by atoms with Crippen molar-refractivity contribution >= 4 is 33.3 Å². The summed E-state index contributed by atoms with van der Waals surface area (Å²) < 4.78 is 2.03. The Labute approximate surface area is 143 Å². The molecule has 0 aliphatic rings. The maximum Gasteiger partial charge on any atom is 0.270 e. The quantitative estimate of drug-likeness (QED) is 0.448. The Morgan fingerprint density at radius 1 is 1.12 bits per heavy atom. The highest BCUT2D eigenvalue weighted by atomic mass is 16.6. The molecule has 25 heavy (non-hydrogen) atoms. The summed E-state index contributed by atoms with van der Waals surface area (Å²) >= 11 is 0. The van der Waals surface area contributed by atoms with E-state index in [1.54, 1.807) is 18.3 Å². The van der Waals surface area contributed by atoms with Gasteiger partial charge in [0.1, 0.15) is 5.82 Å². The topological polar surface area (TPSA) is 73.0 Å². The molecule has 0 aliphatic carbocycles. The third-order valence-electron chi connectivity index (χ3n) is 4.41. The van der Waals surface area contributed by atoms with Gasteiger partial charge in [-0.3, -0.25) is 10.1 Å². The number of benzene rings is 2. The molecule has 2 heterocycles. The van der Waals surface area contributed by atoms with Gasteiger partial charge < -0.3 is 9.88 Å². The molecule has 0 saturated carbocycles. The van der Waals surface area contributed by atoms with Gasteiger partial charge in [-0.2, -0.15) is 0 Å². The fourth-order valence-electron chi connectivity index (χ4n) is 3.17. The third kappa shape index (κ3) is 2.57. The minimum absolute atomic E-state index is 0.0814. The van der Waals surface area contributed by atoms with E-state index in [0.29, 0.717) is 6.54 Å². The number of fused-ring (bicyclic) bond motifs is 3. The number of non-ortho nitro benzene ring substituents is 1. The van der Waals surface area contributed by atoms with Crippen LogP contribution in [0.1, 0.15) is 5.56 Å². The van der Waals surface area contributed by atoms with Gasteiger partial charge in [-0.05, 0) is 17.7 Å². The molecule has 0 saturated heterocycles. The molecule has 4 rings (SSSR count). The molecule has 6 nitrogen and oxygen atoms in total. The molecule has 0 spiro atoms. The van der Waals surface area contributed by atoms with Crippen LogP contribution in [0.4, 0.5) is 11.5 Å². The number of anilines is 1. The Bertz CT molecular complexity index is 1090. The average Bonchev–Trinajstić information content (AvgIpc) is 2.93. The van der Waals surface area contributed by atoms with Crippen LogP contribution in [0.3, 0.4) is 0 Å². The number of rotatable bonds is 4. The standard InChI is InChI=1S/C19H16N4O2/c1-22-16-8-7-14(23(24)25)11-15(16)18-17(22)9-10-20-19(18)21-12-13-5-3-2-4-6-13/h2-11H,12H2,1H3,(H,20,21). The van der Waals surface area contributed by atoms with E-state index in [0.717, 1.165) is 33.2 Å². The van der Waals surface area contributed by atoms with E-state index in [9.17, 15) is 10.1 Å². The molecule has 6 heteroatoms. The van der Waals surface area contributed by atoms with Crippen molar-refractivity contribution in [1.82, 2.24) is 9.55 Å². The zero-order valence-corrected chi connectivity index (χ0v) is 13.6. The van der Waals surface area contributed by atoms with Crippen molar-refractivity contribution in [3.63, 3.8) is 0 Å². The number of hydrogen-bond acceptors (Lipinski definition) is 4. The summed E-state index contributed by atoms with van der Waals surface area (Å²) in [5.74, 6) is 0.729. The zero-order chi connectivity index (χ0) is 17.4. The van der Waals surface area contributed by atoms with E-state index < -0.39 is 0 Å². The zero-order valence-electron chi connectivity index (χ0n) is 13.6. The van der Waals surface area contributed by atoms with Crippen molar-refractivity contribution in [2.24, 2.45) is 7.05 Å². The SMILES string of the molecule is Cn1c2ccc([N+](=O)[O-])cc2c2c(NCc3ccccc3)nccc21. The molecule has 0 atom stereocenters. The molecule has 0 amide bonds. The smallest absolute Gasteiger partial charge is 0.270 e. The number of nitro benzene ring substituents is 1. The first-order valence-corrected chi connectivity index (χ1v) is 7.94. The van der Waals surface area contributed by atoms with Gasteiger partial charge in [0.15, 0.2) is 0 Å². The van der Waals surface area contributed by atoms with Crippen molar-refractivity contribution in [2.45, 2.75) is 6.54 Å². The van der Waals surface area contributed by atoms with Crippen molar-refractivity contribution in [3.05, 3.63) is 76.5 Å². The molecule has 124 valence electrons. The first-order valence-electron chi connectivity index (χ1n) is 7.94. The van der Waals surface area contributed by atoms with Crippen molar-refractivity contribution in [1.29, 1.82) is 0 Å². The molecular weight excluding hydrogens is 316 g/mol. The predicted molar refractivity (Wildman–Crippen MR) is 98.6 cm³/mol. The van der Waals surface area contributed by atoms with E-state index in [-0.39, 0.29) is 10.6 Å². The first kappa shape index (κ1) is 15.1. The van der Waals surface area contributed by atoms with E-state index in [1.807, 2.05) is 48.0 Å². The third-order valence-corrected chi connectivity index (χ3v) is 4.41. The molecule has 0 unspecified atom stereocenters. The van der Waals surface area contributed by atoms with Gasteiger partial charge in [0.05, 0.1) is 15.8 Å². The highest BCUT2D eigenvalue weighted by Gasteiger charge is 2.16. The minimum atomic E-state index is -0.369. The fourth-order valence-corrected chi connectivity index (χ4v) is 3.17. The molecule has 2 aromatic carbocycles. The highest BCUT2D eigenvalue weighted by Crippen LogP contribution is 2.34. The van der Waals surface area contributed by atoms with Crippen LogP contribution in [0.15, 0.2) is 60.8 Å². The highest BCUT2D eigenvalue weighted by molar-refractivity contribution is 6.13. The predicted octanol–water partition coefficient (Wildman–Crippen LogP) is 4.25. The fraction of sp³-hybridized carbons (Fsp3) is 0.105. The first-order chi connectivity index (χ1) is 12.1. The number of pyridine rings is 1. The maximum absolute atomic E-state index is 11.2. The van der Waals surface area contributed by atoms with Crippen LogP contribution in [-0.2, 0) is 13.6 Å². The summed E-state index contributed by atoms with van der Waals surface area (Å²) in [6, 6.07) is 16.9. The number of nitrogens with zero attached hydrogens (tertiary/aromatic N) is 3. The molecule has 0 bridgehead atoms. The second-order valence-electron chi connectivity index (χ2n) is 5.91. The lowest BCUT2D eigenvalue weighted by molar-refractivity contribution is -0.384. The van der Waals surface area contributed by atoms with Crippen molar-refractivity contribution < 1.29 is 4.92 Å². The summed E-state index contributed by atoms with van der Waals surface area (Å²) in [5, 5.41) is 16.2. The molecule has 2 aromatic heterocycles. The van der Waals surface area contributed by atoms with Crippen LogP contribution in [-0.4, -0.2) is 14.5 Å². The van der Waals surface area contributed by atoms with Crippen LogP contribution >= 0.6 is 0 Å². The van der Waals surface area contributed by atoms with Gasteiger partial charge in [-0.25, -0.2) is 4.98 Å². The molecule has 0 aliphatic heterocycles. The second-order valence-corrected chi connectivity index (χ2v) is 5.91. The summed E-state index contributed by atoms with van der Waals surface area (Å²) in [6.07, 6.45) is 1.75. The van der Waals surface area contributed by atoms with Gasteiger partial charge in [0.25, 0.3) is 5.69 Å². The Balaban J connectivity index is 1.86. The summed E-state index contributed by atoms with van der Waals surface area (Å²) in [4.78, 5) is 15.2. The number of nitrogens with one attached hydrogen (secondary N) is 1. The molecular formula is C19H16N4O2. The van der Waals surface area contributed by atoms with Gasteiger partial charge in [0.2, 0.25) is 0 Å². The van der Waals surface area contributed by atoms with Crippen LogP contribution in [0.5, 0.6) is 0 Å². The van der Waals surface area contributed by atoms with Crippen molar-refractivity contribution in [3.8, 4) is 0 Å². The van der Waals surface area contributed by atoms with Crippen LogP contribution in [0.25, 0.3) is 21.8 Å². The van der Waals surface area contributed by atoms with Crippen molar-refractivity contribution in [2.75, 3.05) is 5.32 Å². The van der Waals surface area contributed by atoms with Gasteiger partial charge in [0, 0.05) is 42.8 Å². The summed E-state index contributed by atoms with van der Waals surface area (Å²) in [7, 11) is 1.96. The van der Waals surface area contributed by atoms with Crippen LogP contribution in [0.2, 0.25) is 0 Å². The number of aryl methyl sites for hydroxylation is 1. The van der Waals surface area contributed by atoms with Gasteiger partial charge in [-0.1, -0.05) is 30.3 Å². The Hall–Kier alpha value is -3.41. The second kappa shape index (κ2) is 5.90. The van der Waals surface area contributed by atoms with Crippen LogP contribution in [0, 0.1) is 10.1 Å². The normalized spacial score (nSPS) is 11.1. The molecule has 0 fully saturated rings. The van der Waals surface area contributed by atoms with Gasteiger partial charge >= 0.3 is 0 Å². The Morgan fingerprint density at radius 2 is 1.92 bits per heavy atom. The minimum Gasteiger partial charge on any atom is -0.365 e. The Morgan fingerprint density at radius 3 is 2.68 bits per heavy atom. The molecule has 4 aromatic rings. The summed E-state index contributed by atoms with van der Waals surface area (Å²) in [6.45, 7) is 0.637. The summed E-state index contributed by atoms with van der Waals surface area (Å²) in [5.41, 5.74) is 3.16. The van der Waals surface area contributed by atoms with Gasteiger partial charge in [-0.15, -0.1) is 0 Å². The Kier molecular flexibility index (Phi) is 3.57. The van der Waals surface area contributed by atoms with E-state index in [4.69, 9.17) is 0 Å². The monoisotopic (exact) mass is 332 g/mol. The average molecular weight is 332 g/mol. The number of nitro groups is 1. The van der Waals surface area contributed by atoms with E-state index in [2.05, 4.69) is 10.3 Å².